The van der Waals surface area contributed by atoms with Crippen molar-refractivity contribution < 1.29 is 22.7 Å². The smallest absolute Gasteiger partial charge is 0.265 e. The van der Waals surface area contributed by atoms with Crippen molar-refractivity contribution in [3.05, 3.63) is 53.1 Å². The van der Waals surface area contributed by atoms with Crippen LogP contribution in [0.15, 0.2) is 41.3 Å². The van der Waals surface area contributed by atoms with E-state index in [0.717, 1.165) is 12.0 Å². The maximum atomic E-state index is 13.6. The second-order valence-electron chi connectivity index (χ2n) is 9.34. The minimum atomic E-state index is -3.83. The fourth-order valence-corrected chi connectivity index (χ4v) is 6.81. The van der Waals surface area contributed by atoms with Crippen molar-refractivity contribution in [2.24, 2.45) is 5.92 Å². The summed E-state index contributed by atoms with van der Waals surface area (Å²) in [6.07, 6.45) is 1.43. The van der Waals surface area contributed by atoms with Crippen molar-refractivity contribution in [2.45, 2.75) is 50.7 Å². The van der Waals surface area contributed by atoms with Crippen LogP contribution >= 0.6 is 0 Å². The average Bonchev–Trinajstić information content (AvgIpc) is 2.84. The van der Waals surface area contributed by atoms with Crippen molar-refractivity contribution in [1.82, 2.24) is 9.21 Å². The highest BCUT2D eigenvalue weighted by molar-refractivity contribution is 7.89. The number of hydrogen-bond donors (Lipinski definition) is 1. The number of sulfonamides is 1. The number of aryl methyl sites for hydroxylation is 1. The number of amides is 2. The summed E-state index contributed by atoms with van der Waals surface area (Å²) in [7, 11) is -3.83. The summed E-state index contributed by atoms with van der Waals surface area (Å²) in [6.45, 7) is 5.10. The Morgan fingerprint density at radius 2 is 1.91 bits per heavy atom. The Balaban J connectivity index is 1.35. The van der Waals surface area contributed by atoms with Crippen LogP contribution in [-0.4, -0.2) is 55.2 Å². The normalized spacial score (nSPS) is 22.9. The van der Waals surface area contributed by atoms with Crippen molar-refractivity contribution in [2.75, 3.05) is 25.0 Å². The standard InChI is InChI=1S/C25H29N3O5S/c1-16-12-21-22(33-17(2)24(29)26-21)13-23(16)34(31,32)28-10-5-8-20(15-28)25(30)27-11-9-18-6-3-4-7-19(18)14-27/h3-4,6-7,12-13,17,20H,5,8-11,14-15H2,1-2H3,(H,26,29). The molecule has 0 radical (unpaired) electrons. The molecule has 2 unspecified atom stereocenters. The third kappa shape index (κ3) is 4.07. The van der Waals surface area contributed by atoms with Crippen LogP contribution in [0.1, 0.15) is 36.5 Å². The molecular weight excluding hydrogens is 454 g/mol. The van der Waals surface area contributed by atoms with Gasteiger partial charge < -0.3 is 15.0 Å². The van der Waals surface area contributed by atoms with Gasteiger partial charge in [0.25, 0.3) is 5.91 Å². The van der Waals surface area contributed by atoms with Crippen LogP contribution in [-0.2, 0) is 32.6 Å². The predicted octanol–water partition coefficient (Wildman–Crippen LogP) is 2.70. The van der Waals surface area contributed by atoms with Gasteiger partial charge in [-0.3, -0.25) is 9.59 Å². The quantitative estimate of drug-likeness (QED) is 0.724. The van der Waals surface area contributed by atoms with Gasteiger partial charge in [0.05, 0.1) is 16.5 Å². The first-order valence-corrected chi connectivity index (χ1v) is 13.2. The second-order valence-corrected chi connectivity index (χ2v) is 11.3. The molecule has 1 saturated heterocycles. The summed E-state index contributed by atoms with van der Waals surface area (Å²) < 4.78 is 34.3. The first-order chi connectivity index (χ1) is 16.2. The summed E-state index contributed by atoms with van der Waals surface area (Å²) in [4.78, 5) is 27.3. The molecule has 2 amide bonds. The van der Waals surface area contributed by atoms with E-state index >= 15 is 0 Å². The number of carbonyl (C=O) groups excluding carboxylic acids is 2. The van der Waals surface area contributed by atoms with Gasteiger partial charge >= 0.3 is 0 Å². The maximum Gasteiger partial charge on any atom is 0.265 e. The second kappa shape index (κ2) is 8.70. The molecule has 1 N–H and O–H groups in total. The topological polar surface area (TPSA) is 96.0 Å². The van der Waals surface area contributed by atoms with Crippen LogP contribution in [0.25, 0.3) is 0 Å². The van der Waals surface area contributed by atoms with Crippen LogP contribution in [0.3, 0.4) is 0 Å². The Morgan fingerprint density at radius 1 is 1.15 bits per heavy atom. The molecule has 9 heteroatoms. The number of nitrogens with zero attached hydrogens (tertiary/aromatic N) is 2. The summed E-state index contributed by atoms with van der Waals surface area (Å²) in [5.41, 5.74) is 3.43. The molecule has 3 aliphatic rings. The predicted molar refractivity (Wildman–Crippen MR) is 127 cm³/mol. The maximum absolute atomic E-state index is 13.6. The molecule has 3 heterocycles. The van der Waals surface area contributed by atoms with Gasteiger partial charge in [0.15, 0.2) is 6.10 Å². The number of fused-ring (bicyclic) bond motifs is 2. The number of rotatable bonds is 3. The number of benzene rings is 2. The summed E-state index contributed by atoms with van der Waals surface area (Å²) in [6, 6.07) is 11.3. The summed E-state index contributed by atoms with van der Waals surface area (Å²) in [5, 5.41) is 2.75. The zero-order chi connectivity index (χ0) is 24.0. The van der Waals surface area contributed by atoms with Crippen molar-refractivity contribution in [1.29, 1.82) is 0 Å². The van der Waals surface area contributed by atoms with Crippen molar-refractivity contribution in [3.8, 4) is 5.75 Å². The highest BCUT2D eigenvalue weighted by Gasteiger charge is 2.37. The highest BCUT2D eigenvalue weighted by Crippen LogP contribution is 2.36. The Bertz CT molecular complexity index is 1260. The highest BCUT2D eigenvalue weighted by atomic mass is 32.2. The molecule has 0 bridgehead atoms. The Labute approximate surface area is 199 Å². The summed E-state index contributed by atoms with van der Waals surface area (Å²) in [5.74, 6) is -0.258. The SMILES string of the molecule is Cc1cc2c(cc1S(=O)(=O)N1CCCC(C(=O)N3CCc4ccccc4C3)C1)OC(C)C(=O)N2. The molecule has 0 saturated carbocycles. The lowest BCUT2D eigenvalue weighted by atomic mass is 9.95. The van der Waals surface area contributed by atoms with E-state index in [2.05, 4.69) is 17.4 Å². The lowest BCUT2D eigenvalue weighted by Gasteiger charge is -2.36. The van der Waals surface area contributed by atoms with Gasteiger partial charge in [0.2, 0.25) is 15.9 Å². The van der Waals surface area contributed by atoms with Crippen LogP contribution in [0.5, 0.6) is 5.75 Å². The van der Waals surface area contributed by atoms with Gasteiger partial charge in [-0.1, -0.05) is 24.3 Å². The van der Waals surface area contributed by atoms with Gasteiger partial charge in [0, 0.05) is 32.2 Å². The molecule has 3 aliphatic heterocycles. The van der Waals surface area contributed by atoms with E-state index in [9.17, 15) is 18.0 Å². The van der Waals surface area contributed by atoms with E-state index in [4.69, 9.17) is 4.74 Å². The third-order valence-electron chi connectivity index (χ3n) is 7.00. The van der Waals surface area contributed by atoms with E-state index in [1.54, 1.807) is 19.9 Å². The molecule has 2 aromatic carbocycles. The Morgan fingerprint density at radius 3 is 2.71 bits per heavy atom. The molecule has 2 atom stereocenters. The molecule has 180 valence electrons. The van der Waals surface area contributed by atoms with E-state index in [-0.39, 0.29) is 29.2 Å². The molecule has 0 aliphatic carbocycles. The summed E-state index contributed by atoms with van der Waals surface area (Å²) >= 11 is 0. The van der Waals surface area contributed by atoms with E-state index < -0.39 is 16.1 Å². The minimum Gasteiger partial charge on any atom is -0.479 e. The lowest BCUT2D eigenvalue weighted by Crippen LogP contribution is -2.47. The van der Waals surface area contributed by atoms with Crippen molar-refractivity contribution in [3.63, 3.8) is 0 Å². The van der Waals surface area contributed by atoms with Gasteiger partial charge in [-0.25, -0.2) is 8.42 Å². The number of hydrogen-bond acceptors (Lipinski definition) is 5. The molecular formula is C25H29N3O5S. The minimum absolute atomic E-state index is 0.0245. The Hall–Kier alpha value is -2.91. The Kier molecular flexibility index (Phi) is 5.85. The van der Waals surface area contributed by atoms with Gasteiger partial charge in [-0.15, -0.1) is 0 Å². The molecule has 1 fully saturated rings. The number of anilines is 1. The molecule has 0 spiro atoms. The lowest BCUT2D eigenvalue weighted by molar-refractivity contribution is -0.137. The fraction of sp³-hybridized carbons (Fsp3) is 0.440. The number of nitrogens with one attached hydrogen (secondary N) is 1. The zero-order valence-corrected chi connectivity index (χ0v) is 20.2. The third-order valence-corrected chi connectivity index (χ3v) is 9.01. The van der Waals surface area contributed by atoms with E-state index in [1.807, 2.05) is 17.0 Å². The van der Waals surface area contributed by atoms with Gasteiger partial charge in [-0.05, 0) is 55.9 Å². The van der Waals surface area contributed by atoms with Crippen LogP contribution in [0, 0.1) is 12.8 Å². The monoisotopic (exact) mass is 483 g/mol. The fourth-order valence-electron chi connectivity index (χ4n) is 5.06. The zero-order valence-electron chi connectivity index (χ0n) is 19.4. The molecule has 2 aromatic rings. The largest absolute Gasteiger partial charge is 0.479 e. The van der Waals surface area contributed by atoms with Crippen LogP contribution in [0.4, 0.5) is 5.69 Å². The van der Waals surface area contributed by atoms with Gasteiger partial charge in [0.1, 0.15) is 5.75 Å². The van der Waals surface area contributed by atoms with E-state index in [0.29, 0.717) is 49.5 Å². The molecule has 5 rings (SSSR count). The van der Waals surface area contributed by atoms with Crippen molar-refractivity contribution >= 4 is 27.5 Å². The number of carbonyl (C=O) groups is 2. The van der Waals surface area contributed by atoms with E-state index in [1.165, 1.54) is 15.9 Å². The van der Waals surface area contributed by atoms with Crippen LogP contribution in [0.2, 0.25) is 0 Å². The average molecular weight is 484 g/mol. The molecule has 0 aromatic heterocycles. The number of piperidine rings is 1. The first-order valence-electron chi connectivity index (χ1n) is 11.7. The molecule has 34 heavy (non-hydrogen) atoms. The van der Waals surface area contributed by atoms with Crippen LogP contribution < -0.4 is 10.1 Å². The van der Waals surface area contributed by atoms with Gasteiger partial charge in [-0.2, -0.15) is 4.31 Å². The number of ether oxygens (including phenoxy) is 1. The first kappa shape index (κ1) is 22.9. The molecule has 8 nitrogen and oxygen atoms in total.